The molecule has 4 heteroatoms. The summed E-state index contributed by atoms with van der Waals surface area (Å²) in [5.74, 6) is 1.48. The van der Waals surface area contributed by atoms with Crippen molar-refractivity contribution >= 4 is 5.91 Å². The van der Waals surface area contributed by atoms with Crippen molar-refractivity contribution in [1.29, 1.82) is 0 Å². The Kier molecular flexibility index (Phi) is 5.41. The lowest BCUT2D eigenvalue weighted by molar-refractivity contribution is -0.129. The third-order valence-corrected chi connectivity index (χ3v) is 3.77. The van der Waals surface area contributed by atoms with Crippen molar-refractivity contribution in [2.45, 2.75) is 26.2 Å². The van der Waals surface area contributed by atoms with Crippen LogP contribution in [0.3, 0.4) is 0 Å². The van der Waals surface area contributed by atoms with Crippen LogP contribution in [-0.2, 0) is 11.2 Å². The molecule has 0 radical (unpaired) electrons. The van der Waals surface area contributed by atoms with Gasteiger partial charge < -0.3 is 14.7 Å². The maximum absolute atomic E-state index is 12.2. The average molecular weight is 277 g/mol. The average Bonchev–Trinajstić information content (AvgIpc) is 2.90. The van der Waals surface area contributed by atoms with E-state index in [1.165, 1.54) is 0 Å². The number of nitrogens with zero attached hydrogens (tertiary/aromatic N) is 1. The van der Waals surface area contributed by atoms with Gasteiger partial charge in [0.15, 0.2) is 0 Å². The highest BCUT2D eigenvalue weighted by Gasteiger charge is 2.25. The summed E-state index contributed by atoms with van der Waals surface area (Å²) in [6.07, 6.45) is 2.25. The highest BCUT2D eigenvalue weighted by atomic mass is 16.5. The molecule has 1 heterocycles. The van der Waals surface area contributed by atoms with Gasteiger partial charge in [0.05, 0.1) is 13.0 Å². The van der Waals surface area contributed by atoms with E-state index in [1.54, 1.807) is 0 Å². The summed E-state index contributed by atoms with van der Waals surface area (Å²) in [4.78, 5) is 14.1. The van der Waals surface area contributed by atoms with Crippen LogP contribution in [0, 0.1) is 5.92 Å². The molecule has 1 amide bonds. The summed E-state index contributed by atoms with van der Waals surface area (Å²) in [7, 11) is 0. The molecule has 0 aromatic heterocycles. The first-order valence-electron chi connectivity index (χ1n) is 7.33. The van der Waals surface area contributed by atoms with Crippen molar-refractivity contribution in [2.75, 3.05) is 26.3 Å². The third kappa shape index (κ3) is 3.97. The van der Waals surface area contributed by atoms with Crippen molar-refractivity contribution in [2.24, 2.45) is 5.92 Å². The van der Waals surface area contributed by atoms with Crippen LogP contribution in [0.15, 0.2) is 24.3 Å². The molecule has 0 spiro atoms. The monoisotopic (exact) mass is 277 g/mol. The first-order valence-corrected chi connectivity index (χ1v) is 7.33. The molecule has 1 fully saturated rings. The normalized spacial score (nSPS) is 18.3. The lowest BCUT2D eigenvalue weighted by atomic mass is 10.1. The van der Waals surface area contributed by atoms with Crippen LogP contribution in [0.4, 0.5) is 0 Å². The van der Waals surface area contributed by atoms with Gasteiger partial charge in [-0.3, -0.25) is 4.79 Å². The fourth-order valence-electron chi connectivity index (χ4n) is 2.63. The van der Waals surface area contributed by atoms with E-state index in [9.17, 15) is 4.79 Å². The Morgan fingerprint density at radius 3 is 2.80 bits per heavy atom. The summed E-state index contributed by atoms with van der Waals surface area (Å²) in [6.45, 7) is 4.43. The van der Waals surface area contributed by atoms with E-state index in [1.807, 2.05) is 36.1 Å². The molecular formula is C16H23NO3. The summed E-state index contributed by atoms with van der Waals surface area (Å²) in [5.41, 5.74) is 1.02. The number of hydrogen-bond acceptors (Lipinski definition) is 3. The van der Waals surface area contributed by atoms with E-state index < -0.39 is 0 Å². The van der Waals surface area contributed by atoms with Gasteiger partial charge in [0, 0.05) is 19.7 Å². The van der Waals surface area contributed by atoms with Crippen LogP contribution in [0.5, 0.6) is 5.75 Å². The quantitative estimate of drug-likeness (QED) is 0.863. The van der Waals surface area contributed by atoms with E-state index in [4.69, 9.17) is 9.84 Å². The Bertz CT molecular complexity index is 430. The number of hydrogen-bond donors (Lipinski definition) is 1. The van der Waals surface area contributed by atoms with Gasteiger partial charge in [-0.2, -0.15) is 0 Å². The molecule has 110 valence electrons. The number of amides is 1. The van der Waals surface area contributed by atoms with Crippen LogP contribution in [0.2, 0.25) is 0 Å². The molecule has 20 heavy (non-hydrogen) atoms. The number of ether oxygens (including phenoxy) is 1. The number of benzene rings is 1. The van der Waals surface area contributed by atoms with Crippen LogP contribution in [0.25, 0.3) is 0 Å². The minimum absolute atomic E-state index is 0.176. The van der Waals surface area contributed by atoms with Crippen LogP contribution in [-0.4, -0.2) is 42.2 Å². The molecule has 0 aliphatic carbocycles. The first kappa shape index (κ1) is 14.9. The summed E-state index contributed by atoms with van der Waals surface area (Å²) in [6, 6.07) is 7.71. The maximum Gasteiger partial charge on any atom is 0.226 e. The predicted molar refractivity (Wildman–Crippen MR) is 77.7 cm³/mol. The number of aliphatic hydroxyl groups is 1. The molecule has 1 aliphatic rings. The van der Waals surface area contributed by atoms with Gasteiger partial charge in [0.2, 0.25) is 5.91 Å². The van der Waals surface area contributed by atoms with Crippen molar-refractivity contribution in [3.8, 4) is 5.75 Å². The fourth-order valence-corrected chi connectivity index (χ4v) is 2.63. The Hall–Kier alpha value is -1.55. The van der Waals surface area contributed by atoms with Crippen molar-refractivity contribution in [3.63, 3.8) is 0 Å². The molecule has 1 aliphatic heterocycles. The summed E-state index contributed by atoms with van der Waals surface area (Å²) >= 11 is 0. The zero-order chi connectivity index (χ0) is 14.4. The SMILES string of the molecule is CCOc1ccc(CC(=O)N2CCC(CCO)C2)cc1. The minimum Gasteiger partial charge on any atom is -0.494 e. The number of carbonyl (C=O) groups excluding carboxylic acids is 1. The van der Waals surface area contributed by atoms with Crippen molar-refractivity contribution in [3.05, 3.63) is 29.8 Å². The number of carbonyl (C=O) groups is 1. The molecule has 0 bridgehead atoms. The standard InChI is InChI=1S/C16H23NO3/c1-2-20-15-5-3-13(4-6-15)11-16(19)17-9-7-14(12-17)8-10-18/h3-6,14,18H,2,7-12H2,1H3. The zero-order valence-corrected chi connectivity index (χ0v) is 12.0. The van der Waals surface area contributed by atoms with Gasteiger partial charge in [-0.15, -0.1) is 0 Å². The Labute approximate surface area is 120 Å². The minimum atomic E-state index is 0.176. The van der Waals surface area contributed by atoms with Gasteiger partial charge >= 0.3 is 0 Å². The van der Waals surface area contributed by atoms with E-state index in [0.29, 0.717) is 18.9 Å². The van der Waals surface area contributed by atoms with Gasteiger partial charge in [-0.1, -0.05) is 12.1 Å². The number of aliphatic hydroxyl groups excluding tert-OH is 1. The fraction of sp³-hybridized carbons (Fsp3) is 0.562. The highest BCUT2D eigenvalue weighted by Crippen LogP contribution is 2.20. The van der Waals surface area contributed by atoms with Gasteiger partial charge in [-0.25, -0.2) is 0 Å². The second kappa shape index (κ2) is 7.29. The Morgan fingerprint density at radius 2 is 2.15 bits per heavy atom. The molecule has 1 N–H and O–H groups in total. The van der Waals surface area contributed by atoms with E-state index in [0.717, 1.165) is 37.2 Å². The molecule has 1 unspecified atom stereocenters. The summed E-state index contributed by atoms with van der Waals surface area (Å²) in [5, 5.41) is 8.94. The molecule has 2 rings (SSSR count). The smallest absolute Gasteiger partial charge is 0.226 e. The van der Waals surface area contributed by atoms with Crippen LogP contribution in [0.1, 0.15) is 25.3 Å². The first-order chi connectivity index (χ1) is 9.72. The van der Waals surface area contributed by atoms with E-state index in [-0.39, 0.29) is 12.5 Å². The third-order valence-electron chi connectivity index (χ3n) is 3.77. The molecule has 4 nitrogen and oxygen atoms in total. The zero-order valence-electron chi connectivity index (χ0n) is 12.0. The van der Waals surface area contributed by atoms with E-state index in [2.05, 4.69) is 0 Å². The van der Waals surface area contributed by atoms with Crippen molar-refractivity contribution in [1.82, 2.24) is 4.90 Å². The largest absolute Gasteiger partial charge is 0.494 e. The molecular weight excluding hydrogens is 254 g/mol. The molecule has 0 saturated carbocycles. The van der Waals surface area contributed by atoms with Gasteiger partial charge in [-0.05, 0) is 43.4 Å². The lowest BCUT2D eigenvalue weighted by Gasteiger charge is -2.16. The molecule has 1 saturated heterocycles. The second-order valence-corrected chi connectivity index (χ2v) is 5.26. The van der Waals surface area contributed by atoms with E-state index >= 15 is 0 Å². The lowest BCUT2D eigenvalue weighted by Crippen LogP contribution is -2.30. The van der Waals surface area contributed by atoms with Crippen molar-refractivity contribution < 1.29 is 14.6 Å². The Morgan fingerprint density at radius 1 is 1.40 bits per heavy atom. The van der Waals surface area contributed by atoms with Crippen LogP contribution >= 0.6 is 0 Å². The second-order valence-electron chi connectivity index (χ2n) is 5.26. The van der Waals surface area contributed by atoms with Gasteiger partial charge in [0.25, 0.3) is 0 Å². The van der Waals surface area contributed by atoms with Gasteiger partial charge in [0.1, 0.15) is 5.75 Å². The topological polar surface area (TPSA) is 49.8 Å². The molecule has 1 aromatic rings. The Balaban J connectivity index is 1.85. The predicted octanol–water partition coefficient (Wildman–Crippen LogP) is 1.86. The highest BCUT2D eigenvalue weighted by molar-refractivity contribution is 5.79. The maximum atomic E-state index is 12.2. The molecule has 1 aromatic carbocycles. The molecule has 1 atom stereocenters. The number of likely N-dealkylation sites (tertiary alicyclic amines) is 1. The number of rotatable bonds is 6. The van der Waals surface area contributed by atoms with Crippen LogP contribution < -0.4 is 4.74 Å². The summed E-state index contributed by atoms with van der Waals surface area (Å²) < 4.78 is 5.39.